The van der Waals surface area contributed by atoms with Gasteiger partial charge in [-0.2, -0.15) is 15.8 Å². The number of benzene rings is 2. The summed E-state index contributed by atoms with van der Waals surface area (Å²) >= 11 is 1.47. The van der Waals surface area contributed by atoms with E-state index >= 15 is 0 Å². The van der Waals surface area contributed by atoms with Crippen molar-refractivity contribution in [1.29, 1.82) is 15.8 Å². The molecular weight excluding hydrogens is 538 g/mol. The number of allylic oxidation sites excluding steroid dienone is 2. The standard InChI is InChI=1S/C35H33N5OS/c1-3-5-18-39(19-6-4-2)29-16-14-26(15-17-29)21-30(32-13-10-20-42-32)33-31(24-38)34(28(22-36)23-37)40(35(33)41)25-27-11-8-7-9-12-27/h7-17,20-21H,3-6,18-19,25H2,1-2H3/b30-21+. The van der Waals surface area contributed by atoms with Gasteiger partial charge in [-0.25, -0.2) is 0 Å². The van der Waals surface area contributed by atoms with Gasteiger partial charge in [0.1, 0.15) is 18.2 Å². The first-order valence-corrected chi connectivity index (χ1v) is 15.1. The lowest BCUT2D eigenvalue weighted by Gasteiger charge is -2.24. The predicted octanol–water partition coefficient (Wildman–Crippen LogP) is 7.86. The average Bonchev–Trinajstić information content (AvgIpc) is 3.65. The van der Waals surface area contributed by atoms with Crippen molar-refractivity contribution < 1.29 is 4.79 Å². The first-order valence-electron chi connectivity index (χ1n) is 14.2. The molecule has 42 heavy (non-hydrogen) atoms. The van der Waals surface area contributed by atoms with Gasteiger partial charge in [0.25, 0.3) is 5.91 Å². The summed E-state index contributed by atoms with van der Waals surface area (Å²) < 4.78 is 0. The van der Waals surface area contributed by atoms with Crippen LogP contribution in [0.2, 0.25) is 0 Å². The van der Waals surface area contributed by atoms with Crippen LogP contribution < -0.4 is 4.90 Å². The predicted molar refractivity (Wildman–Crippen MR) is 169 cm³/mol. The summed E-state index contributed by atoms with van der Waals surface area (Å²) in [6, 6.07) is 27.4. The normalized spacial score (nSPS) is 13.1. The molecule has 4 rings (SSSR count). The molecule has 2 aromatic carbocycles. The Kier molecular flexibility index (Phi) is 10.5. The van der Waals surface area contributed by atoms with Crippen LogP contribution in [0.4, 0.5) is 5.69 Å². The average molecular weight is 572 g/mol. The van der Waals surface area contributed by atoms with E-state index in [1.165, 1.54) is 16.2 Å². The van der Waals surface area contributed by atoms with Crippen molar-refractivity contribution in [2.24, 2.45) is 0 Å². The van der Waals surface area contributed by atoms with Gasteiger partial charge < -0.3 is 9.80 Å². The number of amides is 1. The van der Waals surface area contributed by atoms with Gasteiger partial charge in [-0.05, 0) is 53.6 Å². The molecule has 0 saturated heterocycles. The Morgan fingerprint density at radius 1 is 0.905 bits per heavy atom. The summed E-state index contributed by atoms with van der Waals surface area (Å²) in [6.45, 7) is 6.54. The van der Waals surface area contributed by atoms with Crippen LogP contribution in [0.15, 0.2) is 94.5 Å². The molecule has 2 heterocycles. The van der Waals surface area contributed by atoms with Gasteiger partial charge in [-0.3, -0.25) is 4.79 Å². The minimum absolute atomic E-state index is 0.0376. The third-order valence-corrected chi connectivity index (χ3v) is 8.06. The van der Waals surface area contributed by atoms with E-state index in [-0.39, 0.29) is 29.0 Å². The van der Waals surface area contributed by atoms with Crippen molar-refractivity contribution in [2.45, 2.75) is 46.1 Å². The van der Waals surface area contributed by atoms with E-state index in [4.69, 9.17) is 0 Å². The van der Waals surface area contributed by atoms with E-state index in [9.17, 15) is 20.6 Å². The number of hydrogen-bond donors (Lipinski definition) is 0. The van der Waals surface area contributed by atoms with Gasteiger partial charge in [0.15, 0.2) is 5.57 Å². The topological polar surface area (TPSA) is 94.9 Å². The summed E-state index contributed by atoms with van der Waals surface area (Å²) in [4.78, 5) is 18.7. The largest absolute Gasteiger partial charge is 0.372 e. The van der Waals surface area contributed by atoms with E-state index < -0.39 is 5.91 Å². The van der Waals surface area contributed by atoms with Crippen molar-refractivity contribution in [3.63, 3.8) is 0 Å². The fourth-order valence-electron chi connectivity index (χ4n) is 4.98. The first kappa shape index (κ1) is 30.1. The highest BCUT2D eigenvalue weighted by atomic mass is 32.1. The SMILES string of the molecule is CCCCN(CCCC)c1ccc(/C=C(/C2=C(C#N)C(=C(C#N)C#N)N(Cc3ccccc3)C2=O)c2cccs2)cc1. The Hall–Kier alpha value is -4.90. The lowest BCUT2D eigenvalue weighted by Crippen LogP contribution is -2.26. The summed E-state index contributed by atoms with van der Waals surface area (Å²) in [6.07, 6.45) is 6.45. The Balaban J connectivity index is 1.82. The molecule has 1 amide bonds. The molecule has 7 heteroatoms. The van der Waals surface area contributed by atoms with Gasteiger partial charge in [0.2, 0.25) is 0 Å². The Bertz CT molecular complexity index is 1590. The number of nitrogens with zero attached hydrogens (tertiary/aromatic N) is 5. The number of carbonyl (C=O) groups excluding carboxylic acids is 1. The van der Waals surface area contributed by atoms with Crippen molar-refractivity contribution in [2.75, 3.05) is 18.0 Å². The van der Waals surface area contributed by atoms with Crippen LogP contribution in [0.1, 0.15) is 55.5 Å². The van der Waals surface area contributed by atoms with Crippen molar-refractivity contribution in [3.8, 4) is 18.2 Å². The van der Waals surface area contributed by atoms with Gasteiger partial charge in [0.05, 0.1) is 23.4 Å². The second-order valence-electron chi connectivity index (χ2n) is 10.0. The molecule has 1 aromatic heterocycles. The molecule has 0 N–H and O–H groups in total. The maximum absolute atomic E-state index is 14.1. The van der Waals surface area contributed by atoms with Crippen molar-refractivity contribution >= 4 is 34.6 Å². The summed E-state index contributed by atoms with van der Waals surface area (Å²) in [7, 11) is 0. The van der Waals surface area contributed by atoms with Crippen LogP contribution in [0.25, 0.3) is 11.6 Å². The molecule has 0 unspecified atom stereocenters. The van der Waals surface area contributed by atoms with Crippen molar-refractivity contribution in [3.05, 3.63) is 111 Å². The second-order valence-corrected chi connectivity index (χ2v) is 11.0. The maximum atomic E-state index is 14.1. The fraction of sp³-hybridized carbons (Fsp3) is 0.257. The second kappa shape index (κ2) is 14.6. The van der Waals surface area contributed by atoms with Crippen LogP contribution in [0.3, 0.4) is 0 Å². The number of anilines is 1. The molecule has 0 spiro atoms. The highest BCUT2D eigenvalue weighted by Gasteiger charge is 2.39. The molecule has 0 bridgehead atoms. The zero-order valence-corrected chi connectivity index (χ0v) is 24.8. The highest BCUT2D eigenvalue weighted by molar-refractivity contribution is 7.11. The third-order valence-electron chi connectivity index (χ3n) is 7.16. The fourth-order valence-corrected chi connectivity index (χ4v) is 5.73. The number of rotatable bonds is 12. The molecule has 0 aliphatic carbocycles. The molecule has 6 nitrogen and oxygen atoms in total. The minimum Gasteiger partial charge on any atom is -0.372 e. The van der Waals surface area contributed by atoms with E-state index in [1.807, 2.05) is 78.2 Å². The molecule has 1 aliphatic rings. The first-order chi connectivity index (χ1) is 20.6. The number of hydrogen-bond acceptors (Lipinski definition) is 6. The maximum Gasteiger partial charge on any atom is 0.260 e. The molecule has 0 fully saturated rings. The molecule has 0 radical (unpaired) electrons. The number of unbranched alkanes of at least 4 members (excludes halogenated alkanes) is 2. The number of thiophene rings is 1. The van der Waals surface area contributed by atoms with Crippen LogP contribution in [-0.2, 0) is 11.3 Å². The minimum atomic E-state index is -0.407. The molecule has 3 aromatic rings. The Morgan fingerprint density at radius 3 is 2.12 bits per heavy atom. The monoisotopic (exact) mass is 571 g/mol. The van der Waals surface area contributed by atoms with E-state index in [2.05, 4.69) is 36.9 Å². The number of nitriles is 3. The van der Waals surface area contributed by atoms with Gasteiger partial charge in [-0.15, -0.1) is 11.3 Å². The summed E-state index contributed by atoms with van der Waals surface area (Å²) in [5.41, 5.74) is 3.50. The van der Waals surface area contributed by atoms with E-state index in [0.29, 0.717) is 5.57 Å². The summed E-state index contributed by atoms with van der Waals surface area (Å²) in [5, 5.41) is 31.8. The molecule has 0 saturated carbocycles. The Morgan fingerprint density at radius 2 is 1.57 bits per heavy atom. The zero-order valence-electron chi connectivity index (χ0n) is 24.0. The third kappa shape index (κ3) is 6.69. The van der Waals surface area contributed by atoms with Crippen LogP contribution in [0, 0.1) is 34.0 Å². The van der Waals surface area contributed by atoms with Gasteiger partial charge >= 0.3 is 0 Å². The number of carbonyl (C=O) groups is 1. The van der Waals surface area contributed by atoms with E-state index in [1.54, 1.807) is 0 Å². The quantitative estimate of drug-likeness (QED) is 0.206. The Labute approximate surface area is 252 Å². The van der Waals surface area contributed by atoms with Crippen LogP contribution >= 0.6 is 11.3 Å². The van der Waals surface area contributed by atoms with E-state index in [0.717, 1.165) is 60.5 Å². The molecule has 1 aliphatic heterocycles. The van der Waals surface area contributed by atoms with Crippen LogP contribution in [-0.4, -0.2) is 23.9 Å². The molecule has 0 atom stereocenters. The van der Waals surface area contributed by atoms with Crippen molar-refractivity contribution in [1.82, 2.24) is 4.90 Å². The summed E-state index contributed by atoms with van der Waals surface area (Å²) in [5.74, 6) is -0.407. The lowest BCUT2D eigenvalue weighted by atomic mass is 9.96. The van der Waals surface area contributed by atoms with Gasteiger partial charge in [-0.1, -0.05) is 75.2 Å². The van der Waals surface area contributed by atoms with Crippen LogP contribution in [0.5, 0.6) is 0 Å². The van der Waals surface area contributed by atoms with Gasteiger partial charge in [0, 0.05) is 29.2 Å². The molecule has 210 valence electrons. The highest BCUT2D eigenvalue weighted by Crippen LogP contribution is 2.41. The smallest absolute Gasteiger partial charge is 0.260 e. The lowest BCUT2D eigenvalue weighted by molar-refractivity contribution is -0.124. The molecular formula is C35H33N5OS. The zero-order chi connectivity index (χ0) is 29.9.